The fourth-order valence-electron chi connectivity index (χ4n) is 3.99. The molecule has 4 aromatic heterocycles. The standard InChI is InChI=1S/C14H11N3O3.C12H11N5O3/c1-8-11(15-2)12(17-13(8)16-20-14(17)18)9-4-6-10(19-3)7-5-9;1-7-10(15-17-11(7)16-20-12(17)18)14-6-19-9-4-2-3-8(13)5-9/h4-7,16H,1,3H3;2-6,16H,13H2,1H3. The van der Waals surface area contributed by atoms with Gasteiger partial charge in [0.05, 0.1) is 19.4 Å². The van der Waals surface area contributed by atoms with Crippen molar-refractivity contribution in [1.82, 2.24) is 24.3 Å². The normalized spacial score (nSPS) is 11.1. The number of nitrogen functional groups attached to an aromatic ring is 1. The van der Waals surface area contributed by atoms with Gasteiger partial charge in [-0.05, 0) is 43.7 Å². The Morgan fingerprint density at radius 3 is 2.42 bits per heavy atom. The first kappa shape index (κ1) is 25.7. The van der Waals surface area contributed by atoms with Crippen LogP contribution in [0.25, 0.3) is 27.4 Å². The lowest BCUT2D eigenvalue weighted by atomic mass is 10.1. The van der Waals surface area contributed by atoms with E-state index < -0.39 is 11.5 Å². The van der Waals surface area contributed by atoms with E-state index in [1.807, 2.05) is 0 Å². The molecule has 6 aromatic rings. The highest BCUT2D eigenvalue weighted by atomic mass is 16.5. The lowest BCUT2D eigenvalue weighted by Gasteiger charge is -2.03. The highest BCUT2D eigenvalue weighted by Gasteiger charge is 2.21. The Kier molecular flexibility index (Phi) is 6.69. The van der Waals surface area contributed by atoms with Crippen LogP contribution in [0.2, 0.25) is 0 Å². The first-order valence-electron chi connectivity index (χ1n) is 11.7. The maximum atomic E-state index is 11.8. The molecule has 6 rings (SSSR count). The highest BCUT2D eigenvalue weighted by Crippen LogP contribution is 2.37. The number of aromatic amines is 2. The average Bonchev–Trinajstić information content (AvgIpc) is 3.68. The van der Waals surface area contributed by atoms with E-state index in [4.69, 9.17) is 26.3 Å². The smallest absolute Gasteiger partial charge is 0.461 e. The van der Waals surface area contributed by atoms with Gasteiger partial charge < -0.3 is 24.3 Å². The molecule has 0 spiro atoms. The number of nitrogens with zero attached hydrogens (tertiary/aromatic N) is 5. The lowest BCUT2D eigenvalue weighted by Crippen LogP contribution is -2.05. The summed E-state index contributed by atoms with van der Waals surface area (Å²) in [6.07, 6.45) is 1.24. The number of nitrogens with one attached hydrogen (secondary N) is 2. The Bertz CT molecular complexity index is 2010. The van der Waals surface area contributed by atoms with Gasteiger partial charge in [-0.15, -0.1) is 9.61 Å². The topological polar surface area (TPSA) is 175 Å². The van der Waals surface area contributed by atoms with E-state index in [9.17, 15) is 9.59 Å². The van der Waals surface area contributed by atoms with Crippen molar-refractivity contribution in [2.24, 2.45) is 4.99 Å². The molecule has 0 saturated heterocycles. The molecule has 0 aliphatic rings. The Labute approximate surface area is 224 Å². The van der Waals surface area contributed by atoms with Gasteiger partial charge in [-0.1, -0.05) is 18.2 Å². The van der Waals surface area contributed by atoms with Crippen molar-refractivity contribution in [2.75, 3.05) is 12.8 Å². The largest absolute Gasteiger partial charge is 0.497 e. The molecule has 0 saturated carbocycles. The Morgan fingerprint density at radius 2 is 1.75 bits per heavy atom. The van der Waals surface area contributed by atoms with Crippen molar-refractivity contribution in [2.45, 2.75) is 13.8 Å². The SMILES string of the molecule is Cc1c(N=COc2cccc(N)c2)nn2c(=O)o[nH]c12.[C-]#[N+]c1c(C)c2[nH]oc(=O)n2c1-c1ccc(OC)cc1. The van der Waals surface area contributed by atoms with E-state index in [0.29, 0.717) is 56.8 Å². The van der Waals surface area contributed by atoms with Gasteiger partial charge >= 0.3 is 11.5 Å². The number of aryl methyl sites for hydroxylation is 2. The van der Waals surface area contributed by atoms with Crippen LogP contribution in [0.4, 0.5) is 17.2 Å². The van der Waals surface area contributed by atoms with Crippen LogP contribution in [0, 0.1) is 20.4 Å². The van der Waals surface area contributed by atoms with E-state index in [1.165, 1.54) is 10.8 Å². The Balaban J connectivity index is 0.000000161. The van der Waals surface area contributed by atoms with Gasteiger partial charge in [0, 0.05) is 22.9 Å². The molecule has 0 unspecified atom stereocenters. The number of nitrogens with two attached hydrogens (primary N) is 1. The Morgan fingerprint density at radius 1 is 1.02 bits per heavy atom. The fraction of sp³-hybridized carbons (Fsp3) is 0.115. The number of hydrogen-bond acceptors (Lipinski definition) is 9. The van der Waals surface area contributed by atoms with Crippen LogP contribution < -0.4 is 26.7 Å². The molecule has 0 amide bonds. The van der Waals surface area contributed by atoms with Crippen LogP contribution in [0.3, 0.4) is 0 Å². The fourth-order valence-corrected chi connectivity index (χ4v) is 3.99. The van der Waals surface area contributed by atoms with Crippen molar-refractivity contribution in [3.63, 3.8) is 0 Å². The number of ether oxygens (including phenoxy) is 2. The maximum Gasteiger partial charge on any atom is 0.461 e. The second kappa shape index (κ2) is 10.4. The molecule has 0 radical (unpaired) electrons. The second-order valence-corrected chi connectivity index (χ2v) is 8.42. The van der Waals surface area contributed by atoms with Gasteiger partial charge in [0.1, 0.15) is 17.1 Å². The molecule has 4 heterocycles. The van der Waals surface area contributed by atoms with Crippen LogP contribution in [0.15, 0.2) is 72.2 Å². The van der Waals surface area contributed by atoms with E-state index in [1.54, 1.807) is 69.5 Å². The molecule has 202 valence electrons. The highest BCUT2D eigenvalue weighted by molar-refractivity contribution is 5.85. The van der Waals surface area contributed by atoms with Crippen LogP contribution >= 0.6 is 0 Å². The summed E-state index contributed by atoms with van der Waals surface area (Å²) in [4.78, 5) is 30.7. The summed E-state index contributed by atoms with van der Waals surface area (Å²) in [7, 11) is 1.58. The minimum Gasteiger partial charge on any atom is -0.497 e. The molecule has 0 bridgehead atoms. The van der Waals surface area contributed by atoms with Crippen molar-refractivity contribution < 1.29 is 18.5 Å². The molecule has 2 aromatic carbocycles. The van der Waals surface area contributed by atoms with E-state index in [-0.39, 0.29) is 0 Å². The number of aromatic nitrogens is 5. The summed E-state index contributed by atoms with van der Waals surface area (Å²) in [5.74, 6) is 0.512. The number of hydrogen-bond donors (Lipinski definition) is 3. The molecule has 4 N–H and O–H groups in total. The molecular weight excluding hydrogens is 520 g/mol. The van der Waals surface area contributed by atoms with Gasteiger partial charge in [-0.25, -0.2) is 24.0 Å². The summed E-state index contributed by atoms with van der Waals surface area (Å²) < 4.78 is 22.3. The molecule has 14 nitrogen and oxygen atoms in total. The molecule has 14 heteroatoms. The van der Waals surface area contributed by atoms with Crippen molar-refractivity contribution in [3.8, 4) is 22.8 Å². The van der Waals surface area contributed by atoms with Crippen molar-refractivity contribution in [3.05, 3.63) is 92.2 Å². The van der Waals surface area contributed by atoms with Crippen LogP contribution in [0.1, 0.15) is 11.1 Å². The zero-order valence-corrected chi connectivity index (χ0v) is 21.5. The average molecular weight is 543 g/mol. The Hall–Kier alpha value is -5.97. The minimum atomic E-state index is -0.596. The van der Waals surface area contributed by atoms with Gasteiger partial charge in [0.25, 0.3) is 0 Å². The summed E-state index contributed by atoms with van der Waals surface area (Å²) >= 11 is 0. The zero-order chi connectivity index (χ0) is 28.4. The second-order valence-electron chi connectivity index (χ2n) is 8.42. The first-order valence-corrected chi connectivity index (χ1v) is 11.7. The predicted octanol–water partition coefficient (Wildman–Crippen LogP) is 4.00. The van der Waals surface area contributed by atoms with Crippen LogP contribution in [-0.2, 0) is 0 Å². The number of rotatable bonds is 5. The van der Waals surface area contributed by atoms with Crippen LogP contribution in [-0.4, -0.2) is 37.8 Å². The van der Waals surface area contributed by atoms with E-state index in [0.717, 1.165) is 10.1 Å². The van der Waals surface area contributed by atoms with Gasteiger partial charge in [-0.3, -0.25) is 0 Å². The molecule has 40 heavy (non-hydrogen) atoms. The third-order valence-electron chi connectivity index (χ3n) is 6.00. The molecule has 0 atom stereocenters. The molecular formula is C26H22N8O6. The third-order valence-corrected chi connectivity index (χ3v) is 6.00. The summed E-state index contributed by atoms with van der Waals surface area (Å²) in [6.45, 7) is 10.9. The molecule has 0 aliphatic carbocycles. The number of aliphatic imine (C=N–C) groups is 1. The number of H-pyrrole nitrogens is 2. The maximum absolute atomic E-state index is 11.8. The summed E-state index contributed by atoms with van der Waals surface area (Å²) in [5.41, 5.74) is 10.3. The zero-order valence-electron chi connectivity index (χ0n) is 21.5. The number of benzene rings is 2. The lowest BCUT2D eigenvalue weighted by molar-refractivity contribution is 0.383. The summed E-state index contributed by atoms with van der Waals surface area (Å²) in [6, 6.07) is 14.1. The van der Waals surface area contributed by atoms with Gasteiger partial charge in [0.2, 0.25) is 5.69 Å². The van der Waals surface area contributed by atoms with Crippen LogP contribution in [0.5, 0.6) is 11.5 Å². The summed E-state index contributed by atoms with van der Waals surface area (Å²) in [5, 5.41) is 9.02. The molecule has 0 fully saturated rings. The van der Waals surface area contributed by atoms with Crippen molar-refractivity contribution >= 4 is 34.9 Å². The van der Waals surface area contributed by atoms with E-state index in [2.05, 4.69) is 29.8 Å². The molecule has 0 aliphatic heterocycles. The third kappa shape index (κ3) is 4.58. The van der Waals surface area contributed by atoms with Gasteiger partial charge in [0.15, 0.2) is 17.9 Å². The number of fused-ring (bicyclic) bond motifs is 2. The predicted molar refractivity (Wildman–Crippen MR) is 146 cm³/mol. The minimum absolute atomic E-state index is 0.369. The number of anilines is 1. The van der Waals surface area contributed by atoms with E-state index >= 15 is 0 Å². The van der Waals surface area contributed by atoms with Gasteiger partial charge in [-0.2, -0.15) is 10.1 Å². The quantitative estimate of drug-likeness (QED) is 0.127. The first-order chi connectivity index (χ1) is 19.3. The number of methoxy groups -OCH3 is 1. The monoisotopic (exact) mass is 542 g/mol. The van der Waals surface area contributed by atoms with Crippen molar-refractivity contribution in [1.29, 1.82) is 0 Å².